The van der Waals surface area contributed by atoms with Crippen LogP contribution in [-0.4, -0.2) is 4.98 Å². The Labute approximate surface area is 130 Å². The number of pyridine rings is 1. The predicted molar refractivity (Wildman–Crippen MR) is 76.1 cm³/mol. The van der Waals surface area contributed by atoms with Crippen LogP contribution in [0.3, 0.4) is 0 Å². The molecular weight excluding hydrogens is 312 g/mol. The van der Waals surface area contributed by atoms with Gasteiger partial charge in [0, 0.05) is 12.1 Å². The second kappa shape index (κ2) is 6.24. The minimum Gasteiger partial charge on any atom is -0.439 e. The number of rotatable bonds is 3. The van der Waals surface area contributed by atoms with Gasteiger partial charge < -0.3 is 4.74 Å². The molecule has 0 atom stereocenters. The van der Waals surface area contributed by atoms with Gasteiger partial charge >= 0.3 is 6.18 Å². The van der Waals surface area contributed by atoms with Crippen LogP contribution < -0.4 is 4.74 Å². The second-order valence-electron chi connectivity index (χ2n) is 5.07. The number of alkyl halides is 3. The van der Waals surface area contributed by atoms with E-state index in [1.54, 1.807) is 13.8 Å². The highest BCUT2D eigenvalue weighted by Crippen LogP contribution is 2.42. The van der Waals surface area contributed by atoms with Gasteiger partial charge in [-0.05, 0) is 18.1 Å². The minimum absolute atomic E-state index is 0.0128. The normalized spacial score (nSPS) is 11.4. The lowest BCUT2D eigenvalue weighted by atomic mass is 10.0. The van der Waals surface area contributed by atoms with Gasteiger partial charge in [-0.3, -0.25) is 0 Å². The molecule has 1 heterocycles. The van der Waals surface area contributed by atoms with E-state index in [2.05, 4.69) is 9.83 Å². The highest BCUT2D eigenvalue weighted by atomic mass is 19.4. The smallest absolute Gasteiger partial charge is 0.407 e. The van der Waals surface area contributed by atoms with Gasteiger partial charge in [0.05, 0.1) is 17.8 Å². The van der Waals surface area contributed by atoms with Crippen molar-refractivity contribution in [2.45, 2.75) is 25.9 Å². The summed E-state index contributed by atoms with van der Waals surface area (Å²) in [6, 6.07) is 5.64. The first-order valence-electron chi connectivity index (χ1n) is 6.65. The van der Waals surface area contributed by atoms with Gasteiger partial charge in [-0.2, -0.15) is 13.2 Å². The molecule has 0 aliphatic rings. The van der Waals surface area contributed by atoms with Crippen molar-refractivity contribution in [2.75, 3.05) is 0 Å². The third kappa shape index (κ3) is 3.77. The van der Waals surface area contributed by atoms with E-state index in [-0.39, 0.29) is 17.3 Å². The Bertz CT molecular complexity index is 764. The summed E-state index contributed by atoms with van der Waals surface area (Å²) < 4.78 is 57.9. The molecule has 23 heavy (non-hydrogen) atoms. The van der Waals surface area contributed by atoms with E-state index >= 15 is 0 Å². The van der Waals surface area contributed by atoms with Crippen LogP contribution in [0.1, 0.15) is 31.0 Å². The highest BCUT2D eigenvalue weighted by molar-refractivity contribution is 5.60. The number of nitrogens with zero attached hydrogens (tertiary/aromatic N) is 2. The molecule has 0 aliphatic carbocycles. The maximum absolute atomic E-state index is 13.2. The molecule has 0 N–H and O–H groups in total. The monoisotopic (exact) mass is 324 g/mol. The molecule has 120 valence electrons. The quantitative estimate of drug-likeness (QED) is 0.534. The van der Waals surface area contributed by atoms with Crippen molar-refractivity contribution >= 4 is 5.69 Å². The lowest BCUT2D eigenvalue weighted by Crippen LogP contribution is -2.09. The lowest BCUT2D eigenvalue weighted by Gasteiger charge is -2.16. The first-order chi connectivity index (χ1) is 10.7. The van der Waals surface area contributed by atoms with Gasteiger partial charge in [-0.25, -0.2) is 14.2 Å². The Morgan fingerprint density at radius 2 is 1.91 bits per heavy atom. The molecule has 0 saturated carbocycles. The molecule has 0 aliphatic heterocycles. The Hall–Kier alpha value is -2.62. The molecule has 1 aromatic heterocycles. The van der Waals surface area contributed by atoms with Crippen LogP contribution in [0.25, 0.3) is 4.85 Å². The van der Waals surface area contributed by atoms with Crippen molar-refractivity contribution < 1.29 is 22.3 Å². The number of benzene rings is 1. The Kier molecular flexibility index (Phi) is 4.55. The topological polar surface area (TPSA) is 26.5 Å². The van der Waals surface area contributed by atoms with Crippen LogP contribution >= 0.6 is 0 Å². The molecular formula is C16H12F4N2O. The van der Waals surface area contributed by atoms with Crippen molar-refractivity contribution in [2.24, 2.45) is 0 Å². The summed E-state index contributed by atoms with van der Waals surface area (Å²) in [6.07, 6.45) is -4.72. The van der Waals surface area contributed by atoms with Crippen molar-refractivity contribution in [3.05, 3.63) is 58.8 Å². The standard InChI is InChI=1S/C16H12F4N2O/c1-9(2)14-15(21-3)12(16(18,19)20)8-13(22-14)23-11-6-4-5-10(17)7-11/h4-9H,1-2H3. The Balaban J connectivity index is 2.57. The molecule has 0 bridgehead atoms. The van der Waals surface area contributed by atoms with E-state index in [1.807, 2.05) is 0 Å². The van der Waals surface area contributed by atoms with Crippen LogP contribution in [0.5, 0.6) is 11.6 Å². The average Bonchev–Trinajstić information content (AvgIpc) is 2.45. The van der Waals surface area contributed by atoms with E-state index in [9.17, 15) is 17.6 Å². The zero-order valence-electron chi connectivity index (χ0n) is 12.3. The van der Waals surface area contributed by atoms with Crippen LogP contribution in [0.15, 0.2) is 30.3 Å². The van der Waals surface area contributed by atoms with Gasteiger partial charge in [-0.1, -0.05) is 19.9 Å². The predicted octanol–water partition coefficient (Wildman–Crippen LogP) is 5.71. The summed E-state index contributed by atoms with van der Waals surface area (Å²) >= 11 is 0. The third-order valence-electron chi connectivity index (χ3n) is 2.98. The van der Waals surface area contributed by atoms with E-state index < -0.39 is 29.2 Å². The molecule has 0 radical (unpaired) electrons. The van der Waals surface area contributed by atoms with E-state index in [4.69, 9.17) is 11.3 Å². The van der Waals surface area contributed by atoms with Crippen molar-refractivity contribution in [1.29, 1.82) is 0 Å². The lowest BCUT2D eigenvalue weighted by molar-refractivity contribution is -0.137. The van der Waals surface area contributed by atoms with E-state index in [0.717, 1.165) is 6.07 Å². The van der Waals surface area contributed by atoms with Crippen molar-refractivity contribution in [1.82, 2.24) is 4.98 Å². The zero-order valence-corrected chi connectivity index (χ0v) is 12.3. The summed E-state index contributed by atoms with van der Waals surface area (Å²) in [4.78, 5) is 6.96. The summed E-state index contributed by atoms with van der Waals surface area (Å²) in [5.74, 6) is -1.30. The fraction of sp³-hybridized carbons (Fsp3) is 0.250. The number of aromatic nitrogens is 1. The molecule has 0 amide bonds. The molecule has 0 saturated heterocycles. The number of ether oxygens (including phenoxy) is 1. The van der Waals surface area contributed by atoms with Crippen molar-refractivity contribution in [3.8, 4) is 11.6 Å². The first-order valence-corrected chi connectivity index (χ1v) is 6.65. The largest absolute Gasteiger partial charge is 0.439 e. The number of hydrogen-bond donors (Lipinski definition) is 0. The Morgan fingerprint density at radius 3 is 2.43 bits per heavy atom. The number of halogens is 4. The maximum Gasteiger partial charge on any atom is 0.407 e. The summed E-state index contributed by atoms with van der Waals surface area (Å²) in [5, 5.41) is 0. The SMILES string of the molecule is [C-]#[N+]c1c(C(F)(F)F)cc(Oc2cccc(F)c2)nc1C(C)C. The van der Waals surface area contributed by atoms with Gasteiger partial charge in [0.15, 0.2) is 0 Å². The minimum atomic E-state index is -4.72. The molecule has 3 nitrogen and oxygen atoms in total. The van der Waals surface area contributed by atoms with Gasteiger partial charge in [-0.15, -0.1) is 0 Å². The summed E-state index contributed by atoms with van der Waals surface area (Å²) in [7, 11) is 0. The maximum atomic E-state index is 13.2. The van der Waals surface area contributed by atoms with Gasteiger partial charge in [0.2, 0.25) is 11.6 Å². The van der Waals surface area contributed by atoms with Crippen LogP contribution in [0.2, 0.25) is 0 Å². The average molecular weight is 324 g/mol. The number of hydrogen-bond acceptors (Lipinski definition) is 2. The molecule has 0 unspecified atom stereocenters. The fourth-order valence-electron chi connectivity index (χ4n) is 1.97. The van der Waals surface area contributed by atoms with Crippen LogP contribution in [0.4, 0.5) is 23.2 Å². The second-order valence-corrected chi connectivity index (χ2v) is 5.07. The van der Waals surface area contributed by atoms with Crippen molar-refractivity contribution in [3.63, 3.8) is 0 Å². The summed E-state index contributed by atoms with van der Waals surface area (Å²) in [5.41, 5.74) is -1.67. The molecule has 1 aromatic carbocycles. The van der Waals surface area contributed by atoms with Gasteiger partial charge in [0.25, 0.3) is 0 Å². The first kappa shape index (κ1) is 16.7. The molecule has 0 spiro atoms. The fourth-order valence-corrected chi connectivity index (χ4v) is 1.97. The van der Waals surface area contributed by atoms with E-state index in [1.165, 1.54) is 18.2 Å². The van der Waals surface area contributed by atoms with E-state index in [0.29, 0.717) is 6.07 Å². The Morgan fingerprint density at radius 1 is 1.22 bits per heavy atom. The van der Waals surface area contributed by atoms with Crippen LogP contribution in [0, 0.1) is 12.4 Å². The molecule has 7 heteroatoms. The molecule has 2 aromatic rings. The van der Waals surface area contributed by atoms with Gasteiger partial charge in [0.1, 0.15) is 11.6 Å². The highest BCUT2D eigenvalue weighted by Gasteiger charge is 2.36. The summed E-state index contributed by atoms with van der Waals surface area (Å²) in [6.45, 7) is 10.3. The van der Waals surface area contributed by atoms with Crippen LogP contribution in [-0.2, 0) is 6.18 Å². The molecule has 2 rings (SSSR count). The zero-order chi connectivity index (χ0) is 17.2. The third-order valence-corrected chi connectivity index (χ3v) is 2.98. The molecule has 0 fully saturated rings.